The van der Waals surface area contributed by atoms with Gasteiger partial charge in [0.1, 0.15) is 16.2 Å². The molecule has 8 heteroatoms. The van der Waals surface area contributed by atoms with Crippen molar-refractivity contribution in [2.45, 2.75) is 25.8 Å². The first-order chi connectivity index (χ1) is 12.5. The minimum atomic E-state index is -0.0813. The Balaban J connectivity index is 1.48. The van der Waals surface area contributed by atoms with E-state index in [4.69, 9.17) is 0 Å². The molecule has 3 heterocycles. The molecule has 1 aromatic carbocycles. The number of amides is 1. The maximum absolute atomic E-state index is 12.3. The number of aryl methyl sites for hydroxylation is 3. The normalized spacial score (nSPS) is 11.3. The molecular weight excluding hydrogens is 384 g/mol. The molecule has 3 aromatic heterocycles. The Morgan fingerprint density at radius 1 is 1.19 bits per heavy atom. The van der Waals surface area contributed by atoms with E-state index in [1.807, 2.05) is 19.1 Å². The largest absolute Gasteiger partial charge is 0.301 e. The van der Waals surface area contributed by atoms with Gasteiger partial charge < -0.3 is 5.32 Å². The fourth-order valence-electron chi connectivity index (χ4n) is 2.63. The van der Waals surface area contributed by atoms with Gasteiger partial charge in [0, 0.05) is 10.3 Å². The van der Waals surface area contributed by atoms with E-state index in [0.717, 1.165) is 25.5 Å². The van der Waals surface area contributed by atoms with Gasteiger partial charge in [-0.3, -0.25) is 4.79 Å². The fraction of sp³-hybridized carbons (Fsp3) is 0.222. The Labute approximate surface area is 162 Å². The highest BCUT2D eigenvalue weighted by atomic mass is 32.2. The van der Waals surface area contributed by atoms with Gasteiger partial charge in [0.05, 0.1) is 16.0 Å². The van der Waals surface area contributed by atoms with Crippen LogP contribution < -0.4 is 5.32 Å². The summed E-state index contributed by atoms with van der Waals surface area (Å²) in [6, 6.07) is 6.08. The predicted molar refractivity (Wildman–Crippen MR) is 111 cm³/mol. The lowest BCUT2D eigenvalue weighted by Gasteiger charge is -2.03. The molecule has 5 nitrogen and oxygen atoms in total. The van der Waals surface area contributed by atoms with Gasteiger partial charge in [-0.25, -0.2) is 15.0 Å². The van der Waals surface area contributed by atoms with Crippen molar-refractivity contribution in [1.29, 1.82) is 0 Å². The molecule has 0 aliphatic heterocycles. The fourth-order valence-corrected chi connectivity index (χ4v) is 5.53. The summed E-state index contributed by atoms with van der Waals surface area (Å²) in [5, 5.41) is 5.44. The molecule has 4 aromatic rings. The number of thioether (sulfide) groups is 1. The highest BCUT2D eigenvalue weighted by Crippen LogP contribution is 2.34. The molecule has 0 atom stereocenters. The van der Waals surface area contributed by atoms with Crippen molar-refractivity contribution in [2.75, 3.05) is 11.1 Å². The third-order valence-electron chi connectivity index (χ3n) is 4.06. The topological polar surface area (TPSA) is 67.8 Å². The van der Waals surface area contributed by atoms with Gasteiger partial charge in [0.2, 0.25) is 5.91 Å². The lowest BCUT2D eigenvalue weighted by molar-refractivity contribution is -0.113. The second kappa shape index (κ2) is 6.94. The summed E-state index contributed by atoms with van der Waals surface area (Å²) in [4.78, 5) is 27.7. The molecule has 0 aliphatic carbocycles. The molecule has 0 aliphatic rings. The van der Waals surface area contributed by atoms with Gasteiger partial charge in [-0.15, -0.1) is 11.3 Å². The zero-order valence-corrected chi connectivity index (χ0v) is 16.9. The van der Waals surface area contributed by atoms with E-state index in [-0.39, 0.29) is 11.7 Å². The first-order valence-corrected chi connectivity index (χ1v) is 10.6. The highest BCUT2D eigenvalue weighted by molar-refractivity contribution is 8.00. The van der Waals surface area contributed by atoms with Crippen LogP contribution >= 0.6 is 34.4 Å². The highest BCUT2D eigenvalue weighted by Gasteiger charge is 2.14. The number of carbonyl (C=O) groups excluding carboxylic acids is 1. The van der Waals surface area contributed by atoms with Crippen LogP contribution in [0.5, 0.6) is 0 Å². The molecule has 4 rings (SSSR count). The average Bonchev–Trinajstić information content (AvgIpc) is 3.13. The third-order valence-corrected chi connectivity index (χ3v) is 7.10. The van der Waals surface area contributed by atoms with Gasteiger partial charge in [-0.1, -0.05) is 29.2 Å². The number of aromatic nitrogens is 3. The molecule has 0 saturated heterocycles. The number of hydrogen-bond donors (Lipinski definition) is 1. The second-order valence-electron chi connectivity index (χ2n) is 5.97. The van der Waals surface area contributed by atoms with Crippen molar-refractivity contribution in [3.63, 3.8) is 0 Å². The van der Waals surface area contributed by atoms with E-state index >= 15 is 0 Å². The van der Waals surface area contributed by atoms with Crippen LogP contribution in [0.15, 0.2) is 29.6 Å². The maximum atomic E-state index is 12.3. The lowest BCUT2D eigenvalue weighted by Crippen LogP contribution is -2.13. The number of anilines is 1. The number of thiophene rings is 1. The van der Waals surface area contributed by atoms with Crippen LogP contribution in [0.4, 0.5) is 5.13 Å². The van der Waals surface area contributed by atoms with E-state index in [2.05, 4.69) is 40.2 Å². The summed E-state index contributed by atoms with van der Waals surface area (Å²) in [5.74, 6) is 0.206. The van der Waals surface area contributed by atoms with Crippen LogP contribution in [0.1, 0.15) is 16.0 Å². The van der Waals surface area contributed by atoms with Gasteiger partial charge in [0.25, 0.3) is 0 Å². The maximum Gasteiger partial charge on any atom is 0.236 e. The summed E-state index contributed by atoms with van der Waals surface area (Å²) in [5.41, 5.74) is 3.28. The van der Waals surface area contributed by atoms with E-state index < -0.39 is 0 Å². The van der Waals surface area contributed by atoms with Crippen molar-refractivity contribution < 1.29 is 4.79 Å². The number of fused-ring (bicyclic) bond motifs is 2. The Kier molecular flexibility index (Phi) is 4.64. The number of carbonyl (C=O) groups is 1. The summed E-state index contributed by atoms with van der Waals surface area (Å²) in [6.45, 7) is 6.20. The summed E-state index contributed by atoms with van der Waals surface area (Å²) < 4.78 is 1.08. The third kappa shape index (κ3) is 3.32. The Hall–Kier alpha value is -2.03. The molecule has 0 unspecified atom stereocenters. The summed E-state index contributed by atoms with van der Waals surface area (Å²) in [6.07, 6.45) is 1.56. The molecule has 0 spiro atoms. The van der Waals surface area contributed by atoms with Crippen LogP contribution in [0, 0.1) is 20.8 Å². The van der Waals surface area contributed by atoms with Gasteiger partial charge >= 0.3 is 0 Å². The molecule has 0 fully saturated rings. The molecule has 1 amide bonds. The van der Waals surface area contributed by atoms with Crippen molar-refractivity contribution in [1.82, 2.24) is 15.0 Å². The SMILES string of the molecule is Cc1ccc2nc(NC(=O)CSc3ncnc4sc(C)c(C)c34)sc2c1. The van der Waals surface area contributed by atoms with Crippen LogP contribution in [0.3, 0.4) is 0 Å². The van der Waals surface area contributed by atoms with Crippen molar-refractivity contribution in [3.05, 3.63) is 40.5 Å². The minimum absolute atomic E-state index is 0.0813. The molecule has 26 heavy (non-hydrogen) atoms. The average molecular weight is 401 g/mol. The Morgan fingerprint density at radius 3 is 2.88 bits per heavy atom. The quantitative estimate of drug-likeness (QED) is 0.387. The zero-order chi connectivity index (χ0) is 18.3. The number of hydrogen-bond acceptors (Lipinski definition) is 7. The van der Waals surface area contributed by atoms with Crippen molar-refractivity contribution in [3.8, 4) is 0 Å². The second-order valence-corrected chi connectivity index (χ2v) is 9.17. The smallest absolute Gasteiger partial charge is 0.236 e. The standard InChI is InChI=1S/C18H16N4OS3/c1-9-4-5-12-13(6-9)26-18(21-12)22-14(23)7-24-16-15-10(2)11(3)25-17(15)20-8-19-16/h4-6,8H,7H2,1-3H3,(H,21,22,23). The molecule has 0 bridgehead atoms. The summed E-state index contributed by atoms with van der Waals surface area (Å²) in [7, 11) is 0. The number of thiazole rings is 1. The van der Waals surface area contributed by atoms with Crippen LogP contribution in [-0.2, 0) is 4.79 Å². The van der Waals surface area contributed by atoms with E-state index in [1.54, 1.807) is 17.7 Å². The van der Waals surface area contributed by atoms with Gasteiger partial charge in [0.15, 0.2) is 5.13 Å². The minimum Gasteiger partial charge on any atom is -0.301 e. The van der Waals surface area contributed by atoms with Crippen molar-refractivity contribution in [2.24, 2.45) is 0 Å². The molecule has 1 N–H and O–H groups in total. The number of benzene rings is 1. The van der Waals surface area contributed by atoms with E-state index in [0.29, 0.717) is 5.13 Å². The first kappa shape index (κ1) is 17.4. The van der Waals surface area contributed by atoms with Gasteiger partial charge in [-0.2, -0.15) is 0 Å². The molecule has 132 valence electrons. The molecular formula is C18H16N4OS3. The van der Waals surface area contributed by atoms with Gasteiger partial charge in [-0.05, 0) is 44.0 Å². The van der Waals surface area contributed by atoms with E-state index in [1.165, 1.54) is 39.1 Å². The summed E-state index contributed by atoms with van der Waals surface area (Å²) >= 11 is 4.59. The monoisotopic (exact) mass is 400 g/mol. The molecule has 0 saturated carbocycles. The van der Waals surface area contributed by atoms with Crippen LogP contribution in [0.2, 0.25) is 0 Å². The first-order valence-electron chi connectivity index (χ1n) is 8.02. The molecule has 0 radical (unpaired) electrons. The number of nitrogens with one attached hydrogen (secondary N) is 1. The van der Waals surface area contributed by atoms with E-state index in [9.17, 15) is 4.79 Å². The Morgan fingerprint density at radius 2 is 2.04 bits per heavy atom. The predicted octanol–water partition coefficient (Wildman–Crippen LogP) is 4.96. The van der Waals surface area contributed by atoms with Crippen molar-refractivity contribution >= 4 is 65.9 Å². The number of rotatable bonds is 4. The Bertz CT molecular complexity index is 1130. The van der Waals surface area contributed by atoms with Crippen LogP contribution in [0.25, 0.3) is 20.4 Å². The van der Waals surface area contributed by atoms with Crippen LogP contribution in [-0.4, -0.2) is 26.6 Å². The lowest BCUT2D eigenvalue weighted by atomic mass is 10.2. The number of nitrogens with zero attached hydrogens (tertiary/aromatic N) is 3. The zero-order valence-electron chi connectivity index (χ0n) is 14.5.